The Morgan fingerprint density at radius 1 is 0.974 bits per heavy atom. The van der Waals surface area contributed by atoms with Crippen LogP contribution in [0, 0.1) is 23.0 Å². The lowest BCUT2D eigenvalue weighted by Gasteiger charge is -2.20. The Labute approximate surface area is 226 Å². The van der Waals surface area contributed by atoms with E-state index in [4.69, 9.17) is 4.18 Å². The first-order valence-electron chi connectivity index (χ1n) is 11.5. The summed E-state index contributed by atoms with van der Waals surface area (Å²) >= 11 is 0. The molecule has 0 bridgehead atoms. The molecule has 3 aromatic rings. The number of carbonyl (C=O) groups is 1. The Balaban J connectivity index is 1.64. The molecule has 0 aromatic heterocycles. The fraction of sp³-hybridized carbons (Fsp3) is 0.200. The molecule has 39 heavy (non-hydrogen) atoms. The molecule has 2 N–H and O–H groups in total. The second kappa shape index (κ2) is 12.1. The third-order valence-electron chi connectivity index (χ3n) is 5.35. The summed E-state index contributed by atoms with van der Waals surface area (Å²) in [5.41, 5.74) is 3.28. The minimum atomic E-state index is -4.32. The molecule has 0 fully saturated rings. The Bertz CT molecular complexity index is 1590. The third-order valence-corrected chi connectivity index (χ3v) is 8.05. The minimum absolute atomic E-state index is 0.0323. The van der Waals surface area contributed by atoms with Crippen LogP contribution < -0.4 is 14.3 Å². The second-order valence-electron chi connectivity index (χ2n) is 8.75. The van der Waals surface area contributed by atoms with Gasteiger partial charge in [-0.2, -0.15) is 18.2 Å². The van der Waals surface area contributed by atoms with Gasteiger partial charge in [0.05, 0.1) is 16.0 Å². The third kappa shape index (κ3) is 7.92. The normalized spacial score (nSPS) is 12.8. The number of hydrogen-bond donors (Lipinski definition) is 2. The molecule has 0 aliphatic rings. The van der Waals surface area contributed by atoms with Crippen molar-refractivity contribution in [3.05, 3.63) is 94.0 Å². The van der Waals surface area contributed by atoms with Gasteiger partial charge in [0.25, 0.3) is 11.6 Å². The standard InChI is InChI=1S/C25H26N4O8S2/c1-17(2)24(28-38(33,34)22-13-7-18(3)8-14-22)25(30)27-26-16-19-9-11-21(12-10-19)37-39(35,36)23-6-4-5-20(15-23)29(31)32/h4-17,24,28H,1-3H3,(H,27,30)/b26-16-/t24-/m1/s1. The molecule has 206 valence electrons. The molecule has 1 atom stereocenters. The van der Waals surface area contributed by atoms with Crippen LogP contribution in [0.2, 0.25) is 0 Å². The van der Waals surface area contributed by atoms with Crippen LogP contribution in [0.15, 0.2) is 87.7 Å². The van der Waals surface area contributed by atoms with Crippen molar-refractivity contribution in [1.82, 2.24) is 10.1 Å². The molecule has 14 heteroatoms. The summed E-state index contributed by atoms with van der Waals surface area (Å²) in [6.45, 7) is 5.20. The number of hydrogen-bond acceptors (Lipinski definition) is 9. The van der Waals surface area contributed by atoms with E-state index in [0.29, 0.717) is 5.56 Å². The van der Waals surface area contributed by atoms with E-state index < -0.39 is 42.7 Å². The van der Waals surface area contributed by atoms with E-state index >= 15 is 0 Å². The summed E-state index contributed by atoms with van der Waals surface area (Å²) in [7, 11) is -8.27. The van der Waals surface area contributed by atoms with Gasteiger partial charge in [0.15, 0.2) is 0 Å². The fourth-order valence-corrected chi connectivity index (χ4v) is 5.54. The maximum atomic E-state index is 12.7. The summed E-state index contributed by atoms with van der Waals surface area (Å²) in [5.74, 6) is -1.10. The van der Waals surface area contributed by atoms with Crippen LogP contribution in [0.3, 0.4) is 0 Å². The number of benzene rings is 3. The van der Waals surface area contributed by atoms with Crippen molar-refractivity contribution >= 4 is 38.0 Å². The number of carbonyl (C=O) groups excluding carboxylic acids is 1. The average molecular weight is 575 g/mol. The summed E-state index contributed by atoms with van der Waals surface area (Å²) in [5, 5.41) is 14.8. The molecule has 0 radical (unpaired) electrons. The van der Waals surface area contributed by atoms with Gasteiger partial charge < -0.3 is 4.18 Å². The molecule has 12 nitrogen and oxygen atoms in total. The lowest BCUT2D eigenvalue weighted by atomic mass is 10.1. The Morgan fingerprint density at radius 3 is 2.21 bits per heavy atom. The van der Waals surface area contributed by atoms with Crippen molar-refractivity contribution in [3.8, 4) is 5.75 Å². The van der Waals surface area contributed by atoms with Crippen LogP contribution in [0.25, 0.3) is 0 Å². The lowest BCUT2D eigenvalue weighted by molar-refractivity contribution is -0.385. The highest BCUT2D eigenvalue weighted by Crippen LogP contribution is 2.22. The summed E-state index contributed by atoms with van der Waals surface area (Å²) in [6.07, 6.45) is 1.28. The highest BCUT2D eigenvalue weighted by molar-refractivity contribution is 7.89. The van der Waals surface area contributed by atoms with Crippen LogP contribution in [-0.2, 0) is 24.9 Å². The Hall–Kier alpha value is -4.14. The van der Waals surface area contributed by atoms with E-state index in [1.807, 2.05) is 6.92 Å². The van der Waals surface area contributed by atoms with Gasteiger partial charge >= 0.3 is 10.1 Å². The zero-order valence-corrected chi connectivity index (χ0v) is 22.8. The number of non-ortho nitro benzene ring substituents is 1. The Kier molecular flexibility index (Phi) is 9.16. The topological polar surface area (TPSA) is 174 Å². The van der Waals surface area contributed by atoms with E-state index in [2.05, 4.69) is 15.2 Å². The number of nitro groups is 1. The van der Waals surface area contributed by atoms with Crippen LogP contribution in [0.5, 0.6) is 5.75 Å². The summed E-state index contributed by atoms with van der Waals surface area (Å²) < 4.78 is 57.8. The monoisotopic (exact) mass is 574 g/mol. The molecule has 0 saturated heterocycles. The SMILES string of the molecule is Cc1ccc(S(=O)(=O)N[C@@H](C(=O)N/N=C\c2ccc(OS(=O)(=O)c3cccc([N+](=O)[O-])c3)cc2)C(C)C)cc1. The number of nitrogens with one attached hydrogen (secondary N) is 2. The number of aryl methyl sites for hydroxylation is 1. The molecule has 0 saturated carbocycles. The summed E-state index contributed by atoms with van der Waals surface area (Å²) in [4.78, 5) is 22.5. The Morgan fingerprint density at radius 2 is 1.62 bits per heavy atom. The number of sulfonamides is 1. The molecule has 3 aromatic carbocycles. The largest absolute Gasteiger partial charge is 0.379 e. The molecule has 1 amide bonds. The first-order chi connectivity index (χ1) is 18.3. The number of amides is 1. The zero-order chi connectivity index (χ0) is 28.8. The smallest absolute Gasteiger partial charge is 0.339 e. The van der Waals surface area contributed by atoms with Crippen LogP contribution in [0.1, 0.15) is 25.0 Å². The predicted octanol–water partition coefficient (Wildman–Crippen LogP) is 3.12. The van der Waals surface area contributed by atoms with Crippen molar-refractivity contribution in [2.24, 2.45) is 11.0 Å². The van der Waals surface area contributed by atoms with Crippen molar-refractivity contribution in [2.75, 3.05) is 0 Å². The second-order valence-corrected chi connectivity index (χ2v) is 12.0. The maximum Gasteiger partial charge on any atom is 0.339 e. The molecule has 3 rings (SSSR count). The quantitative estimate of drug-likeness (QED) is 0.152. The molecular formula is C25H26N4O8S2. The highest BCUT2D eigenvalue weighted by Gasteiger charge is 2.28. The van der Waals surface area contributed by atoms with Gasteiger partial charge in [0, 0.05) is 12.1 Å². The first-order valence-corrected chi connectivity index (χ1v) is 14.4. The fourth-order valence-electron chi connectivity index (χ4n) is 3.22. The molecule has 0 aliphatic heterocycles. The van der Waals surface area contributed by atoms with Crippen molar-refractivity contribution < 1.29 is 30.7 Å². The van der Waals surface area contributed by atoms with Gasteiger partial charge in [0.2, 0.25) is 10.0 Å². The van der Waals surface area contributed by atoms with Gasteiger partial charge in [-0.1, -0.05) is 37.6 Å². The number of hydrazone groups is 1. The summed E-state index contributed by atoms with van der Waals surface area (Å²) in [6, 6.07) is 15.2. The van der Waals surface area contributed by atoms with E-state index in [-0.39, 0.29) is 21.5 Å². The minimum Gasteiger partial charge on any atom is -0.379 e. The van der Waals surface area contributed by atoms with E-state index in [9.17, 15) is 31.7 Å². The average Bonchev–Trinajstić information content (AvgIpc) is 2.88. The molecular weight excluding hydrogens is 548 g/mol. The van der Waals surface area contributed by atoms with Gasteiger partial charge in [-0.05, 0) is 60.9 Å². The molecule has 0 spiro atoms. The van der Waals surface area contributed by atoms with Crippen LogP contribution in [0.4, 0.5) is 5.69 Å². The van der Waals surface area contributed by atoms with E-state index in [1.165, 1.54) is 54.7 Å². The van der Waals surface area contributed by atoms with Gasteiger partial charge in [-0.15, -0.1) is 0 Å². The number of nitrogens with zero attached hydrogens (tertiary/aromatic N) is 2. The zero-order valence-electron chi connectivity index (χ0n) is 21.1. The first kappa shape index (κ1) is 29.4. The van der Waals surface area contributed by atoms with Crippen molar-refractivity contribution in [2.45, 2.75) is 36.6 Å². The van der Waals surface area contributed by atoms with E-state index in [0.717, 1.165) is 17.7 Å². The van der Waals surface area contributed by atoms with Gasteiger partial charge in [-0.25, -0.2) is 13.8 Å². The van der Waals surface area contributed by atoms with Crippen LogP contribution in [-0.4, -0.2) is 39.9 Å². The van der Waals surface area contributed by atoms with Gasteiger partial charge in [0.1, 0.15) is 16.7 Å². The molecule has 0 unspecified atom stereocenters. The van der Waals surface area contributed by atoms with E-state index in [1.54, 1.807) is 26.0 Å². The van der Waals surface area contributed by atoms with Crippen molar-refractivity contribution in [1.29, 1.82) is 0 Å². The highest BCUT2D eigenvalue weighted by atomic mass is 32.2. The van der Waals surface area contributed by atoms with Crippen LogP contribution >= 0.6 is 0 Å². The maximum absolute atomic E-state index is 12.7. The molecule has 0 heterocycles. The number of nitro benzene ring substituents is 1. The van der Waals surface area contributed by atoms with Gasteiger partial charge in [-0.3, -0.25) is 14.9 Å². The predicted molar refractivity (Wildman–Crippen MR) is 143 cm³/mol. The lowest BCUT2D eigenvalue weighted by Crippen LogP contribution is -2.48. The molecule has 0 aliphatic carbocycles. The number of rotatable bonds is 11. The van der Waals surface area contributed by atoms with Crippen molar-refractivity contribution in [3.63, 3.8) is 0 Å².